The van der Waals surface area contributed by atoms with Gasteiger partial charge in [-0.1, -0.05) is 35.3 Å². The number of nitrogens with zero attached hydrogens (tertiary/aromatic N) is 2. The Labute approximate surface area is 124 Å². The van der Waals surface area contributed by atoms with Crippen LogP contribution in [0.4, 0.5) is 0 Å². The van der Waals surface area contributed by atoms with Gasteiger partial charge in [0, 0.05) is 27.7 Å². The molecule has 0 saturated heterocycles. The van der Waals surface area contributed by atoms with Crippen molar-refractivity contribution in [3.8, 4) is 21.8 Å². The molecule has 0 fully saturated rings. The van der Waals surface area contributed by atoms with Crippen molar-refractivity contribution < 1.29 is 0 Å². The first-order valence-corrected chi connectivity index (χ1v) is 7.20. The van der Waals surface area contributed by atoms with E-state index in [4.69, 9.17) is 23.2 Å². The monoisotopic (exact) mass is 306 g/mol. The molecule has 0 N–H and O–H groups in total. The van der Waals surface area contributed by atoms with Crippen LogP contribution in [0.5, 0.6) is 0 Å². The van der Waals surface area contributed by atoms with Gasteiger partial charge in [0.2, 0.25) is 0 Å². The SMILES string of the molecule is Clc1ccc(-c2csc(-c3cccnc3Cl)n2)cc1. The Kier molecular flexibility index (Phi) is 3.51. The van der Waals surface area contributed by atoms with Crippen molar-refractivity contribution in [1.82, 2.24) is 9.97 Å². The van der Waals surface area contributed by atoms with E-state index >= 15 is 0 Å². The van der Waals surface area contributed by atoms with Crippen molar-refractivity contribution in [2.75, 3.05) is 0 Å². The third-order valence-electron chi connectivity index (χ3n) is 2.63. The number of benzene rings is 1. The predicted molar refractivity (Wildman–Crippen MR) is 80.8 cm³/mol. The van der Waals surface area contributed by atoms with Crippen molar-refractivity contribution in [2.24, 2.45) is 0 Å². The molecule has 2 aromatic heterocycles. The zero-order chi connectivity index (χ0) is 13.2. The normalized spacial score (nSPS) is 10.6. The van der Waals surface area contributed by atoms with Gasteiger partial charge in [0.25, 0.3) is 0 Å². The van der Waals surface area contributed by atoms with E-state index in [1.807, 2.05) is 41.8 Å². The van der Waals surface area contributed by atoms with Crippen molar-refractivity contribution in [3.05, 3.63) is 58.2 Å². The molecule has 0 aliphatic rings. The molecule has 3 aromatic rings. The minimum Gasteiger partial charge on any atom is -0.244 e. The van der Waals surface area contributed by atoms with Crippen molar-refractivity contribution >= 4 is 34.5 Å². The molecular formula is C14H8Cl2N2S. The summed E-state index contributed by atoms with van der Waals surface area (Å²) in [5.41, 5.74) is 2.80. The lowest BCUT2D eigenvalue weighted by Gasteiger charge is -1.98. The molecule has 0 aliphatic heterocycles. The number of thiazole rings is 1. The van der Waals surface area contributed by atoms with Gasteiger partial charge < -0.3 is 0 Å². The second-order valence-electron chi connectivity index (χ2n) is 3.89. The second kappa shape index (κ2) is 5.29. The molecule has 0 radical (unpaired) electrons. The minimum absolute atomic E-state index is 0.472. The Bertz CT molecular complexity index is 707. The van der Waals surface area contributed by atoms with Gasteiger partial charge in [-0.15, -0.1) is 11.3 Å². The molecule has 2 nitrogen and oxygen atoms in total. The average molecular weight is 307 g/mol. The van der Waals surface area contributed by atoms with Crippen molar-refractivity contribution in [3.63, 3.8) is 0 Å². The largest absolute Gasteiger partial charge is 0.244 e. The number of pyridine rings is 1. The Balaban J connectivity index is 2.00. The van der Waals surface area contributed by atoms with E-state index in [1.165, 1.54) is 0 Å². The van der Waals surface area contributed by atoms with Gasteiger partial charge in [-0.3, -0.25) is 0 Å². The molecule has 1 aromatic carbocycles. The van der Waals surface area contributed by atoms with E-state index in [9.17, 15) is 0 Å². The van der Waals surface area contributed by atoms with Crippen LogP contribution in [0.25, 0.3) is 21.8 Å². The van der Waals surface area contributed by atoms with Gasteiger partial charge in [-0.2, -0.15) is 0 Å². The Morgan fingerprint density at radius 1 is 1.00 bits per heavy atom. The maximum atomic E-state index is 6.07. The summed E-state index contributed by atoms with van der Waals surface area (Å²) >= 11 is 13.5. The summed E-state index contributed by atoms with van der Waals surface area (Å²) in [4.78, 5) is 8.66. The van der Waals surface area contributed by atoms with Crippen molar-refractivity contribution in [1.29, 1.82) is 0 Å². The summed E-state index contributed by atoms with van der Waals surface area (Å²) < 4.78 is 0. The van der Waals surface area contributed by atoms with Gasteiger partial charge in [-0.05, 0) is 24.3 Å². The Hall–Kier alpha value is -1.42. The van der Waals surface area contributed by atoms with Gasteiger partial charge >= 0.3 is 0 Å². The molecule has 3 rings (SSSR count). The molecule has 0 aliphatic carbocycles. The quantitative estimate of drug-likeness (QED) is 0.610. The molecule has 0 unspecified atom stereocenters. The van der Waals surface area contributed by atoms with Gasteiger partial charge in [-0.25, -0.2) is 9.97 Å². The number of hydrogen-bond donors (Lipinski definition) is 0. The second-order valence-corrected chi connectivity index (χ2v) is 5.54. The third kappa shape index (κ3) is 2.63. The molecule has 2 heterocycles. The fourth-order valence-electron chi connectivity index (χ4n) is 1.70. The molecule has 0 spiro atoms. The van der Waals surface area contributed by atoms with Crippen LogP contribution in [0.2, 0.25) is 10.2 Å². The third-order valence-corrected chi connectivity index (χ3v) is 4.06. The zero-order valence-electron chi connectivity index (χ0n) is 9.68. The maximum Gasteiger partial charge on any atom is 0.139 e. The van der Waals surface area contributed by atoms with Crippen LogP contribution in [0.3, 0.4) is 0 Å². The summed E-state index contributed by atoms with van der Waals surface area (Å²) in [7, 11) is 0. The Morgan fingerprint density at radius 3 is 2.53 bits per heavy atom. The summed E-state index contributed by atoms with van der Waals surface area (Å²) in [6, 6.07) is 11.4. The van der Waals surface area contributed by atoms with Crippen LogP contribution >= 0.6 is 34.5 Å². The van der Waals surface area contributed by atoms with Crippen LogP contribution in [0.1, 0.15) is 0 Å². The van der Waals surface area contributed by atoms with Gasteiger partial charge in [0.1, 0.15) is 10.2 Å². The number of hydrogen-bond acceptors (Lipinski definition) is 3. The highest BCUT2D eigenvalue weighted by Crippen LogP contribution is 2.32. The fraction of sp³-hybridized carbons (Fsp3) is 0. The summed E-state index contributed by atoms with van der Waals surface area (Å²) in [5, 5.41) is 4.05. The fourth-order valence-corrected chi connectivity index (χ4v) is 2.94. The van der Waals surface area contributed by atoms with E-state index in [0.717, 1.165) is 26.9 Å². The minimum atomic E-state index is 0.472. The van der Waals surface area contributed by atoms with Crippen LogP contribution in [0.15, 0.2) is 48.0 Å². The molecule has 0 bridgehead atoms. The van der Waals surface area contributed by atoms with Crippen LogP contribution in [-0.4, -0.2) is 9.97 Å². The highest BCUT2D eigenvalue weighted by atomic mass is 35.5. The Morgan fingerprint density at radius 2 is 1.79 bits per heavy atom. The first kappa shape index (κ1) is 12.6. The molecule has 0 saturated carbocycles. The highest BCUT2D eigenvalue weighted by Gasteiger charge is 2.09. The summed E-state index contributed by atoms with van der Waals surface area (Å²) in [6.07, 6.45) is 1.67. The lowest BCUT2D eigenvalue weighted by atomic mass is 10.2. The van der Waals surface area contributed by atoms with E-state index in [2.05, 4.69) is 9.97 Å². The standard InChI is InChI=1S/C14H8Cl2N2S/c15-10-5-3-9(4-6-10)12-8-19-14(18-12)11-2-1-7-17-13(11)16/h1-8H. The molecule has 0 amide bonds. The van der Waals surface area contributed by atoms with Gasteiger partial charge in [0.15, 0.2) is 0 Å². The molecule has 5 heteroatoms. The van der Waals surface area contributed by atoms with Crippen molar-refractivity contribution in [2.45, 2.75) is 0 Å². The van der Waals surface area contributed by atoms with Crippen LogP contribution < -0.4 is 0 Å². The molecule has 19 heavy (non-hydrogen) atoms. The lowest BCUT2D eigenvalue weighted by Crippen LogP contribution is -1.82. The van der Waals surface area contributed by atoms with E-state index in [-0.39, 0.29) is 0 Å². The van der Waals surface area contributed by atoms with Gasteiger partial charge in [0.05, 0.1) is 5.69 Å². The lowest BCUT2D eigenvalue weighted by molar-refractivity contribution is 1.31. The number of aromatic nitrogens is 2. The topological polar surface area (TPSA) is 25.8 Å². The number of rotatable bonds is 2. The average Bonchev–Trinajstić information content (AvgIpc) is 2.89. The smallest absolute Gasteiger partial charge is 0.139 e. The van der Waals surface area contributed by atoms with E-state index < -0.39 is 0 Å². The van der Waals surface area contributed by atoms with Crippen LogP contribution in [-0.2, 0) is 0 Å². The first-order valence-electron chi connectivity index (χ1n) is 5.56. The predicted octanol–water partition coefficient (Wildman–Crippen LogP) is 5.18. The summed E-state index contributed by atoms with van der Waals surface area (Å²) in [5.74, 6) is 0. The molecular weight excluding hydrogens is 299 g/mol. The maximum absolute atomic E-state index is 6.07. The first-order chi connectivity index (χ1) is 9.24. The molecule has 94 valence electrons. The highest BCUT2D eigenvalue weighted by molar-refractivity contribution is 7.13. The number of halogens is 2. The molecule has 0 atom stereocenters. The van der Waals surface area contributed by atoms with E-state index in [1.54, 1.807) is 17.5 Å². The zero-order valence-corrected chi connectivity index (χ0v) is 12.0. The summed E-state index contributed by atoms with van der Waals surface area (Å²) in [6.45, 7) is 0. The van der Waals surface area contributed by atoms with E-state index in [0.29, 0.717) is 5.15 Å². The van der Waals surface area contributed by atoms with Crippen LogP contribution in [0, 0.1) is 0 Å².